The lowest BCUT2D eigenvalue weighted by atomic mass is 10.1. The van der Waals surface area contributed by atoms with E-state index in [0.29, 0.717) is 11.7 Å². The molecule has 0 bridgehead atoms. The van der Waals surface area contributed by atoms with Crippen LogP contribution in [0.1, 0.15) is 57.4 Å². The maximum atomic E-state index is 12.8. The quantitative estimate of drug-likeness (QED) is 0.647. The molecule has 6 nitrogen and oxygen atoms in total. The molecular weight excluding hydrogens is 384 g/mol. The van der Waals surface area contributed by atoms with Gasteiger partial charge in [-0.2, -0.15) is 0 Å². The fourth-order valence-corrected chi connectivity index (χ4v) is 4.38. The molecule has 3 rings (SSSR count). The molecule has 0 atom stereocenters. The average molecular weight is 415 g/mol. The molecule has 2 amide bonds. The zero-order chi connectivity index (χ0) is 20.6. The van der Waals surface area contributed by atoms with Gasteiger partial charge in [-0.15, -0.1) is 10.2 Å². The van der Waals surface area contributed by atoms with E-state index >= 15 is 0 Å². The highest BCUT2D eigenvalue weighted by Gasteiger charge is 2.27. The minimum Gasteiger partial charge on any atom is -0.342 e. The van der Waals surface area contributed by atoms with Gasteiger partial charge in [0.2, 0.25) is 16.9 Å². The summed E-state index contributed by atoms with van der Waals surface area (Å²) in [6.07, 6.45) is 6.53. The molecule has 0 unspecified atom stereocenters. The van der Waals surface area contributed by atoms with Crippen molar-refractivity contribution in [1.29, 1.82) is 0 Å². The standard InChI is InChI=1S/C22H30N4O2S/c1-3-4-14-26(21(28)18-7-5-6-8-18)15-13-19(27)23-22-25-24-20(29-22)17-11-9-16(2)10-12-17/h9-12,18H,3-8,13-15H2,1-2H3,(H,23,25,27). The monoisotopic (exact) mass is 414 g/mol. The van der Waals surface area contributed by atoms with E-state index in [-0.39, 0.29) is 24.2 Å². The van der Waals surface area contributed by atoms with Crippen LogP contribution in [0.5, 0.6) is 0 Å². The lowest BCUT2D eigenvalue weighted by Crippen LogP contribution is -2.38. The molecule has 0 spiro atoms. The first kappa shape index (κ1) is 21.4. The molecule has 1 aliphatic rings. The number of carbonyl (C=O) groups is 2. The third-order valence-corrected chi connectivity index (χ3v) is 6.26. The van der Waals surface area contributed by atoms with E-state index in [9.17, 15) is 9.59 Å². The fourth-order valence-electron chi connectivity index (χ4n) is 3.62. The van der Waals surface area contributed by atoms with Crippen LogP contribution in [0.4, 0.5) is 5.13 Å². The predicted octanol–water partition coefficient (Wildman–Crippen LogP) is 4.66. The van der Waals surface area contributed by atoms with Gasteiger partial charge in [-0.25, -0.2) is 0 Å². The number of carbonyl (C=O) groups excluding carboxylic acids is 2. The first-order chi connectivity index (χ1) is 14.1. The van der Waals surface area contributed by atoms with Crippen LogP contribution >= 0.6 is 11.3 Å². The Kier molecular flexibility index (Phi) is 7.75. The van der Waals surface area contributed by atoms with Crippen LogP contribution in [0.25, 0.3) is 10.6 Å². The molecule has 2 aromatic rings. The highest BCUT2D eigenvalue weighted by atomic mass is 32.1. The molecule has 1 aliphatic carbocycles. The smallest absolute Gasteiger partial charge is 0.227 e. The Morgan fingerprint density at radius 2 is 1.86 bits per heavy atom. The van der Waals surface area contributed by atoms with Gasteiger partial charge >= 0.3 is 0 Å². The van der Waals surface area contributed by atoms with E-state index in [1.54, 1.807) is 0 Å². The molecule has 1 heterocycles. The van der Waals surface area contributed by atoms with Crippen molar-refractivity contribution in [2.75, 3.05) is 18.4 Å². The summed E-state index contributed by atoms with van der Waals surface area (Å²) in [5, 5.41) is 12.4. The highest BCUT2D eigenvalue weighted by Crippen LogP contribution is 2.28. The van der Waals surface area contributed by atoms with Gasteiger partial charge in [0, 0.05) is 31.0 Å². The Labute approximate surface area is 176 Å². The van der Waals surface area contributed by atoms with Crippen molar-refractivity contribution in [2.24, 2.45) is 5.92 Å². The Morgan fingerprint density at radius 1 is 1.14 bits per heavy atom. The summed E-state index contributed by atoms with van der Waals surface area (Å²) in [5.74, 6) is 0.244. The highest BCUT2D eigenvalue weighted by molar-refractivity contribution is 7.18. The predicted molar refractivity (Wildman–Crippen MR) is 117 cm³/mol. The molecule has 1 aromatic heterocycles. The normalized spacial score (nSPS) is 14.1. The van der Waals surface area contributed by atoms with Crippen LogP contribution in [0.15, 0.2) is 24.3 Å². The Morgan fingerprint density at radius 3 is 2.55 bits per heavy atom. The van der Waals surface area contributed by atoms with Gasteiger partial charge in [0.05, 0.1) is 0 Å². The molecule has 1 fully saturated rings. The van der Waals surface area contributed by atoms with Crippen LogP contribution in [0, 0.1) is 12.8 Å². The third kappa shape index (κ3) is 6.10. The number of unbranched alkanes of at least 4 members (excludes halogenated alkanes) is 1. The summed E-state index contributed by atoms with van der Waals surface area (Å²) in [7, 11) is 0. The zero-order valence-corrected chi connectivity index (χ0v) is 18.1. The van der Waals surface area contributed by atoms with Gasteiger partial charge in [-0.1, -0.05) is 67.4 Å². The van der Waals surface area contributed by atoms with Gasteiger partial charge in [0.15, 0.2) is 0 Å². The number of benzene rings is 1. The number of aryl methyl sites for hydroxylation is 1. The van der Waals surface area contributed by atoms with Gasteiger partial charge in [0.25, 0.3) is 0 Å². The van der Waals surface area contributed by atoms with Gasteiger partial charge in [-0.05, 0) is 26.2 Å². The SMILES string of the molecule is CCCCN(CCC(=O)Nc1nnc(-c2ccc(C)cc2)s1)C(=O)C1CCCC1. The number of nitrogens with one attached hydrogen (secondary N) is 1. The number of amides is 2. The molecule has 0 radical (unpaired) electrons. The average Bonchev–Trinajstić information content (AvgIpc) is 3.40. The lowest BCUT2D eigenvalue weighted by Gasteiger charge is -2.25. The van der Waals surface area contributed by atoms with Crippen LogP contribution in [-0.4, -0.2) is 40.0 Å². The van der Waals surface area contributed by atoms with E-state index in [2.05, 4.69) is 22.4 Å². The van der Waals surface area contributed by atoms with E-state index in [1.165, 1.54) is 16.9 Å². The van der Waals surface area contributed by atoms with Crippen molar-refractivity contribution in [3.05, 3.63) is 29.8 Å². The lowest BCUT2D eigenvalue weighted by molar-refractivity contribution is -0.135. The summed E-state index contributed by atoms with van der Waals surface area (Å²) < 4.78 is 0. The van der Waals surface area contributed by atoms with Crippen molar-refractivity contribution < 1.29 is 9.59 Å². The topological polar surface area (TPSA) is 75.2 Å². The van der Waals surface area contributed by atoms with Crippen LogP contribution < -0.4 is 5.32 Å². The van der Waals surface area contributed by atoms with Gasteiger partial charge < -0.3 is 10.2 Å². The second-order valence-corrected chi connectivity index (χ2v) is 8.71. The fraction of sp³-hybridized carbons (Fsp3) is 0.545. The molecule has 1 aromatic carbocycles. The van der Waals surface area contributed by atoms with Crippen LogP contribution in [-0.2, 0) is 9.59 Å². The number of hydrogen-bond acceptors (Lipinski definition) is 5. The number of nitrogens with zero attached hydrogens (tertiary/aromatic N) is 3. The van der Waals surface area contributed by atoms with E-state index < -0.39 is 0 Å². The van der Waals surface area contributed by atoms with E-state index in [1.807, 2.05) is 36.1 Å². The van der Waals surface area contributed by atoms with E-state index in [4.69, 9.17) is 0 Å². The van der Waals surface area contributed by atoms with Crippen molar-refractivity contribution in [3.63, 3.8) is 0 Å². The minimum atomic E-state index is -0.127. The van der Waals surface area contributed by atoms with Gasteiger partial charge in [-0.3, -0.25) is 9.59 Å². The first-order valence-electron chi connectivity index (χ1n) is 10.6. The molecule has 7 heteroatoms. The van der Waals surface area contributed by atoms with E-state index in [0.717, 1.165) is 55.6 Å². The Bertz CT molecular complexity index is 812. The summed E-state index contributed by atoms with van der Waals surface area (Å²) in [6.45, 7) is 5.35. The summed E-state index contributed by atoms with van der Waals surface area (Å²) in [6, 6.07) is 8.06. The molecule has 0 aliphatic heterocycles. The summed E-state index contributed by atoms with van der Waals surface area (Å²) in [5.41, 5.74) is 2.17. The number of rotatable bonds is 9. The summed E-state index contributed by atoms with van der Waals surface area (Å²) >= 11 is 1.36. The van der Waals surface area contributed by atoms with Crippen molar-refractivity contribution in [2.45, 2.75) is 58.8 Å². The van der Waals surface area contributed by atoms with Crippen LogP contribution in [0.2, 0.25) is 0 Å². The van der Waals surface area contributed by atoms with Gasteiger partial charge in [0.1, 0.15) is 5.01 Å². The summed E-state index contributed by atoms with van der Waals surface area (Å²) in [4.78, 5) is 27.1. The zero-order valence-electron chi connectivity index (χ0n) is 17.3. The molecule has 156 valence electrons. The minimum absolute atomic E-state index is 0.127. The third-order valence-electron chi connectivity index (χ3n) is 5.38. The van der Waals surface area contributed by atoms with Crippen molar-refractivity contribution in [3.8, 4) is 10.6 Å². The molecule has 29 heavy (non-hydrogen) atoms. The second-order valence-electron chi connectivity index (χ2n) is 7.74. The number of aromatic nitrogens is 2. The molecule has 0 saturated heterocycles. The maximum absolute atomic E-state index is 12.8. The first-order valence-corrected chi connectivity index (χ1v) is 11.4. The number of hydrogen-bond donors (Lipinski definition) is 1. The van der Waals surface area contributed by atoms with Crippen LogP contribution in [0.3, 0.4) is 0 Å². The Hall–Kier alpha value is -2.28. The largest absolute Gasteiger partial charge is 0.342 e. The maximum Gasteiger partial charge on any atom is 0.227 e. The molecule has 1 N–H and O–H groups in total. The van der Waals surface area contributed by atoms with Crippen molar-refractivity contribution in [1.82, 2.24) is 15.1 Å². The Balaban J connectivity index is 1.53. The molecular formula is C22H30N4O2S. The molecule has 1 saturated carbocycles. The second kappa shape index (κ2) is 10.5. The van der Waals surface area contributed by atoms with Crippen molar-refractivity contribution >= 4 is 28.3 Å². The number of anilines is 1.